The maximum Gasteiger partial charge on any atom is 0.243 e. The van der Waals surface area contributed by atoms with E-state index in [9.17, 15) is 12.8 Å². The van der Waals surface area contributed by atoms with Gasteiger partial charge in [0, 0.05) is 18.6 Å². The topological polar surface area (TPSA) is 63.4 Å². The van der Waals surface area contributed by atoms with Crippen molar-refractivity contribution in [1.82, 2.24) is 4.31 Å². The lowest BCUT2D eigenvalue weighted by molar-refractivity contribution is 0.247. The van der Waals surface area contributed by atoms with Crippen molar-refractivity contribution in [3.8, 4) is 0 Å². The molecule has 2 rings (SSSR count). The molecule has 0 saturated carbocycles. The number of piperidine rings is 1. The molecule has 0 spiro atoms. The summed E-state index contributed by atoms with van der Waals surface area (Å²) in [6.07, 6.45) is 1.31. The molecule has 106 valence electrons. The van der Waals surface area contributed by atoms with Crippen LogP contribution in [-0.2, 0) is 10.0 Å². The van der Waals surface area contributed by atoms with Crippen LogP contribution >= 0.6 is 0 Å². The van der Waals surface area contributed by atoms with Crippen LogP contribution in [-0.4, -0.2) is 31.4 Å². The van der Waals surface area contributed by atoms with Crippen LogP contribution in [0.1, 0.15) is 25.3 Å². The van der Waals surface area contributed by atoms with E-state index < -0.39 is 15.8 Å². The number of aryl methyl sites for hydroxylation is 1. The van der Waals surface area contributed by atoms with E-state index in [-0.39, 0.29) is 17.0 Å². The molecule has 4 nitrogen and oxygen atoms in total. The number of halogens is 1. The monoisotopic (exact) mass is 286 g/mol. The number of rotatable bonds is 2. The Hall–Kier alpha value is -0.980. The second-order valence-electron chi connectivity index (χ2n) is 5.16. The highest BCUT2D eigenvalue weighted by molar-refractivity contribution is 7.89. The average molecular weight is 286 g/mol. The summed E-state index contributed by atoms with van der Waals surface area (Å²) in [4.78, 5) is 0.177. The summed E-state index contributed by atoms with van der Waals surface area (Å²) in [5, 5.41) is 0. The Kier molecular flexibility index (Phi) is 3.94. The third-order valence-corrected chi connectivity index (χ3v) is 5.75. The fourth-order valence-corrected chi connectivity index (χ4v) is 4.44. The third kappa shape index (κ3) is 2.80. The zero-order valence-electron chi connectivity index (χ0n) is 11.1. The Balaban J connectivity index is 2.37. The third-order valence-electron chi connectivity index (χ3n) is 3.58. The molecule has 1 fully saturated rings. The second kappa shape index (κ2) is 5.19. The van der Waals surface area contributed by atoms with Gasteiger partial charge < -0.3 is 5.73 Å². The number of nitrogens with two attached hydrogens (primary N) is 1. The van der Waals surface area contributed by atoms with Crippen molar-refractivity contribution in [2.24, 2.45) is 5.73 Å². The molecule has 2 atom stereocenters. The van der Waals surface area contributed by atoms with E-state index in [0.717, 1.165) is 0 Å². The first kappa shape index (κ1) is 14.4. The van der Waals surface area contributed by atoms with Crippen molar-refractivity contribution in [2.45, 2.75) is 43.7 Å². The molecule has 19 heavy (non-hydrogen) atoms. The minimum absolute atomic E-state index is 0.0516. The lowest BCUT2D eigenvalue weighted by Crippen LogP contribution is -2.48. The Labute approximate surface area is 113 Å². The maximum atomic E-state index is 13.1. The van der Waals surface area contributed by atoms with Gasteiger partial charge in [0.25, 0.3) is 0 Å². The Morgan fingerprint density at radius 2 is 2.11 bits per heavy atom. The molecule has 2 unspecified atom stereocenters. The van der Waals surface area contributed by atoms with Gasteiger partial charge in [0.1, 0.15) is 5.82 Å². The summed E-state index contributed by atoms with van der Waals surface area (Å²) in [5.74, 6) is -0.426. The molecule has 1 heterocycles. The maximum absolute atomic E-state index is 13.1. The lowest BCUT2D eigenvalue weighted by Gasteiger charge is -2.35. The van der Waals surface area contributed by atoms with Crippen LogP contribution < -0.4 is 5.73 Å². The molecule has 0 aliphatic carbocycles. The van der Waals surface area contributed by atoms with E-state index in [2.05, 4.69) is 0 Å². The fraction of sp³-hybridized carbons (Fsp3) is 0.538. The van der Waals surface area contributed by atoms with E-state index >= 15 is 0 Å². The molecule has 1 aromatic carbocycles. The van der Waals surface area contributed by atoms with Gasteiger partial charge in [-0.15, -0.1) is 0 Å². The van der Waals surface area contributed by atoms with Crippen molar-refractivity contribution < 1.29 is 12.8 Å². The fourth-order valence-electron chi connectivity index (χ4n) is 2.57. The summed E-state index contributed by atoms with van der Waals surface area (Å²) in [5.41, 5.74) is 6.28. The van der Waals surface area contributed by atoms with Gasteiger partial charge in [0.05, 0.1) is 4.90 Å². The van der Waals surface area contributed by atoms with Crippen molar-refractivity contribution in [3.63, 3.8) is 0 Å². The predicted octanol–water partition coefficient (Wildman–Crippen LogP) is 1.63. The van der Waals surface area contributed by atoms with Crippen LogP contribution in [0.25, 0.3) is 0 Å². The zero-order valence-corrected chi connectivity index (χ0v) is 12.0. The molecule has 2 N–H and O–H groups in total. The number of hydrogen-bond donors (Lipinski definition) is 1. The average Bonchev–Trinajstić information content (AvgIpc) is 2.27. The summed E-state index contributed by atoms with van der Waals surface area (Å²) < 4.78 is 39.7. The normalized spacial score (nSPS) is 25.5. The van der Waals surface area contributed by atoms with Crippen LogP contribution in [0, 0.1) is 12.7 Å². The van der Waals surface area contributed by atoms with E-state index in [0.29, 0.717) is 24.9 Å². The predicted molar refractivity (Wildman–Crippen MR) is 71.7 cm³/mol. The SMILES string of the molecule is Cc1cc(F)ccc1S(=O)(=O)N1CCC(N)CC1C. The molecule has 0 bridgehead atoms. The highest BCUT2D eigenvalue weighted by Crippen LogP contribution is 2.26. The van der Waals surface area contributed by atoms with E-state index in [1.165, 1.54) is 22.5 Å². The first-order chi connectivity index (χ1) is 8.82. The molecule has 1 aromatic rings. The molecule has 1 aliphatic heterocycles. The smallest absolute Gasteiger partial charge is 0.243 e. The molecule has 0 radical (unpaired) electrons. The quantitative estimate of drug-likeness (QED) is 0.899. The summed E-state index contributed by atoms with van der Waals surface area (Å²) >= 11 is 0. The van der Waals surface area contributed by atoms with E-state index in [1.807, 2.05) is 6.92 Å². The minimum atomic E-state index is -3.57. The Morgan fingerprint density at radius 1 is 1.42 bits per heavy atom. The molecule has 0 aromatic heterocycles. The highest BCUT2D eigenvalue weighted by atomic mass is 32.2. The van der Waals surface area contributed by atoms with Gasteiger partial charge in [-0.25, -0.2) is 12.8 Å². The Bertz CT molecular complexity index is 574. The first-order valence-electron chi connectivity index (χ1n) is 6.36. The molecular weight excluding hydrogens is 267 g/mol. The number of benzene rings is 1. The Morgan fingerprint density at radius 3 is 2.68 bits per heavy atom. The van der Waals surface area contributed by atoms with Crippen LogP contribution in [0.2, 0.25) is 0 Å². The van der Waals surface area contributed by atoms with Crippen LogP contribution in [0.15, 0.2) is 23.1 Å². The summed E-state index contributed by atoms with van der Waals surface area (Å²) in [7, 11) is -3.57. The van der Waals surface area contributed by atoms with Crippen LogP contribution in [0.5, 0.6) is 0 Å². The molecule has 1 saturated heterocycles. The molecule has 1 aliphatic rings. The standard InChI is InChI=1S/C13H19FN2O2S/c1-9-7-11(14)3-4-13(9)19(17,18)16-6-5-12(15)8-10(16)2/h3-4,7,10,12H,5-6,8,15H2,1-2H3. The van der Waals surface area contributed by atoms with Gasteiger partial charge >= 0.3 is 0 Å². The lowest BCUT2D eigenvalue weighted by atomic mass is 10.0. The number of nitrogens with zero attached hydrogens (tertiary/aromatic N) is 1. The van der Waals surface area contributed by atoms with Gasteiger partial charge in [-0.2, -0.15) is 4.31 Å². The van der Waals surface area contributed by atoms with Crippen molar-refractivity contribution >= 4 is 10.0 Å². The number of hydrogen-bond acceptors (Lipinski definition) is 3. The summed E-state index contributed by atoms with van der Waals surface area (Å²) in [6, 6.07) is 3.68. The van der Waals surface area contributed by atoms with Gasteiger partial charge in [0.2, 0.25) is 10.0 Å². The van der Waals surface area contributed by atoms with Crippen LogP contribution in [0.4, 0.5) is 4.39 Å². The molecule has 6 heteroatoms. The summed E-state index contributed by atoms with van der Waals surface area (Å²) in [6.45, 7) is 3.88. The van der Waals surface area contributed by atoms with Crippen molar-refractivity contribution in [2.75, 3.05) is 6.54 Å². The zero-order chi connectivity index (χ0) is 14.2. The van der Waals surface area contributed by atoms with Crippen LogP contribution in [0.3, 0.4) is 0 Å². The van der Waals surface area contributed by atoms with Gasteiger partial charge in [-0.1, -0.05) is 0 Å². The first-order valence-corrected chi connectivity index (χ1v) is 7.80. The van der Waals surface area contributed by atoms with Crippen molar-refractivity contribution in [1.29, 1.82) is 0 Å². The number of sulfonamides is 1. The largest absolute Gasteiger partial charge is 0.328 e. The highest BCUT2D eigenvalue weighted by Gasteiger charge is 2.34. The van der Waals surface area contributed by atoms with E-state index in [1.54, 1.807) is 6.92 Å². The van der Waals surface area contributed by atoms with Gasteiger partial charge in [0.15, 0.2) is 0 Å². The van der Waals surface area contributed by atoms with Gasteiger partial charge in [-0.3, -0.25) is 0 Å². The molecule has 0 amide bonds. The minimum Gasteiger partial charge on any atom is -0.328 e. The van der Waals surface area contributed by atoms with E-state index in [4.69, 9.17) is 5.73 Å². The van der Waals surface area contributed by atoms with Crippen molar-refractivity contribution in [3.05, 3.63) is 29.6 Å². The molecular formula is C13H19FN2O2S. The van der Waals surface area contributed by atoms with Gasteiger partial charge in [-0.05, 0) is 50.5 Å². The second-order valence-corrected chi connectivity index (χ2v) is 7.02.